The number of nitrogens with two attached hydrogens (primary N) is 1. The summed E-state index contributed by atoms with van der Waals surface area (Å²) in [5.74, 6) is 0.654. The molecule has 0 saturated carbocycles. The van der Waals surface area contributed by atoms with Gasteiger partial charge in [0.2, 0.25) is 0 Å². The standard InChI is InChI=1S/C10H16ClN3O/c1-7(6-15)14(2)10-9(11)8(5-12)3-4-13-10/h3-4,7,15H,5-6,12H2,1-2H3. The highest BCUT2D eigenvalue weighted by Gasteiger charge is 2.15. The first-order chi connectivity index (χ1) is 7.11. The summed E-state index contributed by atoms with van der Waals surface area (Å²) in [4.78, 5) is 6.02. The van der Waals surface area contributed by atoms with Crippen molar-refractivity contribution in [1.82, 2.24) is 4.98 Å². The molecule has 84 valence electrons. The number of nitrogens with zero attached hydrogens (tertiary/aromatic N) is 2. The fourth-order valence-electron chi connectivity index (χ4n) is 1.21. The molecule has 1 unspecified atom stereocenters. The molecule has 0 aliphatic heterocycles. The zero-order valence-corrected chi connectivity index (χ0v) is 9.70. The van der Waals surface area contributed by atoms with Gasteiger partial charge in [-0.25, -0.2) is 4.98 Å². The van der Waals surface area contributed by atoms with Crippen LogP contribution in [0.15, 0.2) is 12.3 Å². The van der Waals surface area contributed by atoms with Crippen LogP contribution in [-0.4, -0.2) is 29.8 Å². The lowest BCUT2D eigenvalue weighted by Gasteiger charge is -2.25. The zero-order chi connectivity index (χ0) is 11.4. The van der Waals surface area contributed by atoms with Gasteiger partial charge in [0.1, 0.15) is 5.82 Å². The van der Waals surface area contributed by atoms with Crippen LogP contribution in [0.1, 0.15) is 12.5 Å². The van der Waals surface area contributed by atoms with E-state index >= 15 is 0 Å². The van der Waals surface area contributed by atoms with Crippen molar-refractivity contribution < 1.29 is 5.11 Å². The molecule has 0 spiro atoms. The Kier molecular flexibility index (Phi) is 4.32. The predicted octanol–water partition coefficient (Wildman–Crippen LogP) is 1.01. The van der Waals surface area contributed by atoms with Crippen LogP contribution in [0.25, 0.3) is 0 Å². The topological polar surface area (TPSA) is 62.4 Å². The van der Waals surface area contributed by atoms with E-state index in [4.69, 9.17) is 22.4 Å². The largest absolute Gasteiger partial charge is 0.394 e. The number of anilines is 1. The van der Waals surface area contributed by atoms with Gasteiger partial charge in [0.05, 0.1) is 17.7 Å². The molecule has 0 aliphatic carbocycles. The molecule has 1 rings (SSSR count). The highest BCUT2D eigenvalue weighted by Crippen LogP contribution is 2.26. The van der Waals surface area contributed by atoms with Crippen LogP contribution in [-0.2, 0) is 6.54 Å². The summed E-state index contributed by atoms with van der Waals surface area (Å²) in [6, 6.07) is 1.77. The number of aliphatic hydroxyl groups excluding tert-OH is 1. The van der Waals surface area contributed by atoms with Gasteiger partial charge in [0, 0.05) is 19.8 Å². The van der Waals surface area contributed by atoms with Crippen LogP contribution < -0.4 is 10.6 Å². The maximum Gasteiger partial charge on any atom is 0.147 e. The van der Waals surface area contributed by atoms with E-state index in [1.165, 1.54) is 0 Å². The van der Waals surface area contributed by atoms with Crippen molar-refractivity contribution in [1.29, 1.82) is 0 Å². The molecule has 15 heavy (non-hydrogen) atoms. The maximum absolute atomic E-state index is 9.05. The fourth-order valence-corrected chi connectivity index (χ4v) is 1.53. The Balaban J connectivity index is 3.03. The normalized spacial score (nSPS) is 12.6. The van der Waals surface area contributed by atoms with Crippen LogP contribution in [0.3, 0.4) is 0 Å². The summed E-state index contributed by atoms with van der Waals surface area (Å²) >= 11 is 6.14. The summed E-state index contributed by atoms with van der Waals surface area (Å²) in [5, 5.41) is 9.60. The Morgan fingerprint density at radius 2 is 2.33 bits per heavy atom. The third-order valence-corrected chi connectivity index (χ3v) is 2.84. The van der Waals surface area contributed by atoms with E-state index in [1.807, 2.05) is 18.9 Å². The van der Waals surface area contributed by atoms with Crippen LogP contribution in [0.2, 0.25) is 5.02 Å². The Morgan fingerprint density at radius 3 is 2.87 bits per heavy atom. The maximum atomic E-state index is 9.05. The third kappa shape index (κ3) is 2.59. The summed E-state index contributed by atoms with van der Waals surface area (Å²) in [7, 11) is 1.84. The number of aliphatic hydroxyl groups is 1. The van der Waals surface area contributed by atoms with Crippen molar-refractivity contribution in [3.63, 3.8) is 0 Å². The molecular formula is C10H16ClN3O. The second-order valence-electron chi connectivity index (χ2n) is 3.45. The van der Waals surface area contributed by atoms with Crippen LogP contribution in [0.4, 0.5) is 5.82 Å². The first-order valence-corrected chi connectivity index (χ1v) is 5.16. The molecular weight excluding hydrogens is 214 g/mol. The van der Waals surface area contributed by atoms with Gasteiger partial charge >= 0.3 is 0 Å². The summed E-state index contributed by atoms with van der Waals surface area (Å²) < 4.78 is 0. The molecule has 0 radical (unpaired) electrons. The molecule has 3 N–H and O–H groups in total. The number of halogens is 1. The van der Waals surface area contributed by atoms with Crippen molar-refractivity contribution in [3.8, 4) is 0 Å². The van der Waals surface area contributed by atoms with Gasteiger partial charge in [-0.1, -0.05) is 11.6 Å². The van der Waals surface area contributed by atoms with Crippen LogP contribution in [0, 0.1) is 0 Å². The minimum Gasteiger partial charge on any atom is -0.394 e. The van der Waals surface area contributed by atoms with E-state index in [0.29, 0.717) is 17.4 Å². The van der Waals surface area contributed by atoms with Crippen molar-refractivity contribution in [3.05, 3.63) is 22.8 Å². The molecule has 1 aromatic rings. The lowest BCUT2D eigenvalue weighted by Crippen LogP contribution is -2.32. The number of aromatic nitrogens is 1. The first kappa shape index (κ1) is 12.2. The van der Waals surface area contributed by atoms with Gasteiger partial charge in [-0.05, 0) is 18.6 Å². The molecule has 1 aromatic heterocycles. The molecule has 1 atom stereocenters. The summed E-state index contributed by atoms with van der Waals surface area (Å²) in [6.45, 7) is 2.34. The van der Waals surface area contributed by atoms with Crippen molar-refractivity contribution in [2.75, 3.05) is 18.6 Å². The smallest absolute Gasteiger partial charge is 0.147 e. The molecule has 0 saturated heterocycles. The molecule has 0 fully saturated rings. The van der Waals surface area contributed by atoms with Crippen molar-refractivity contribution in [2.24, 2.45) is 5.73 Å². The van der Waals surface area contributed by atoms with Crippen molar-refractivity contribution in [2.45, 2.75) is 19.5 Å². The van der Waals surface area contributed by atoms with Crippen LogP contribution in [0.5, 0.6) is 0 Å². The van der Waals surface area contributed by atoms with Gasteiger partial charge in [-0.2, -0.15) is 0 Å². The number of rotatable bonds is 4. The van der Waals surface area contributed by atoms with E-state index in [1.54, 1.807) is 12.3 Å². The minimum absolute atomic E-state index is 0.0250. The third-order valence-electron chi connectivity index (χ3n) is 2.43. The number of hydrogen-bond donors (Lipinski definition) is 2. The molecule has 5 heteroatoms. The second-order valence-corrected chi connectivity index (χ2v) is 3.83. The molecule has 0 aliphatic rings. The minimum atomic E-state index is -0.0250. The molecule has 1 heterocycles. The van der Waals surface area contributed by atoms with Crippen molar-refractivity contribution >= 4 is 17.4 Å². The number of likely N-dealkylation sites (N-methyl/N-ethyl adjacent to an activating group) is 1. The van der Waals surface area contributed by atoms with E-state index < -0.39 is 0 Å². The van der Waals surface area contributed by atoms with Gasteiger partial charge in [-0.3, -0.25) is 0 Å². The van der Waals surface area contributed by atoms with Gasteiger partial charge < -0.3 is 15.7 Å². The quantitative estimate of drug-likeness (QED) is 0.809. The van der Waals surface area contributed by atoms with E-state index in [9.17, 15) is 0 Å². The monoisotopic (exact) mass is 229 g/mol. The van der Waals surface area contributed by atoms with Gasteiger partial charge in [0.25, 0.3) is 0 Å². The van der Waals surface area contributed by atoms with E-state index in [-0.39, 0.29) is 12.6 Å². The number of hydrogen-bond acceptors (Lipinski definition) is 4. The molecule has 0 amide bonds. The molecule has 0 bridgehead atoms. The average molecular weight is 230 g/mol. The molecule has 4 nitrogen and oxygen atoms in total. The summed E-state index contributed by atoms with van der Waals surface area (Å²) in [6.07, 6.45) is 1.67. The van der Waals surface area contributed by atoms with Gasteiger partial charge in [0.15, 0.2) is 0 Å². The lowest BCUT2D eigenvalue weighted by atomic mass is 10.2. The number of pyridine rings is 1. The zero-order valence-electron chi connectivity index (χ0n) is 8.94. The Hall–Kier alpha value is -0.840. The second kappa shape index (κ2) is 5.30. The highest BCUT2D eigenvalue weighted by atomic mass is 35.5. The Labute approximate surface area is 94.7 Å². The van der Waals surface area contributed by atoms with Crippen LogP contribution >= 0.6 is 11.6 Å². The van der Waals surface area contributed by atoms with E-state index in [0.717, 1.165) is 5.56 Å². The van der Waals surface area contributed by atoms with E-state index in [2.05, 4.69) is 4.98 Å². The predicted molar refractivity (Wildman–Crippen MR) is 62.1 cm³/mol. The highest BCUT2D eigenvalue weighted by molar-refractivity contribution is 6.33. The fraction of sp³-hybridized carbons (Fsp3) is 0.500. The SMILES string of the molecule is CC(CO)N(C)c1nccc(CN)c1Cl. The van der Waals surface area contributed by atoms with Gasteiger partial charge in [-0.15, -0.1) is 0 Å². The Bertz CT molecular complexity index is 332. The lowest BCUT2D eigenvalue weighted by molar-refractivity contribution is 0.270. The first-order valence-electron chi connectivity index (χ1n) is 4.79. The Morgan fingerprint density at radius 1 is 1.67 bits per heavy atom. The summed E-state index contributed by atoms with van der Waals surface area (Å²) in [5.41, 5.74) is 6.41. The average Bonchev–Trinajstić information content (AvgIpc) is 2.27. The molecule has 0 aromatic carbocycles.